The van der Waals surface area contributed by atoms with Crippen LogP contribution in [0.15, 0.2) is 24.3 Å². The lowest BCUT2D eigenvalue weighted by molar-refractivity contribution is -0.862. The maximum Gasteiger partial charge on any atom is 0.275 e. The summed E-state index contributed by atoms with van der Waals surface area (Å²) in [6.45, 7) is 3.51. The van der Waals surface area contributed by atoms with E-state index < -0.39 is 0 Å². The zero-order valence-electron chi connectivity index (χ0n) is 13.2. The molecule has 0 saturated carbocycles. The van der Waals surface area contributed by atoms with E-state index in [0.29, 0.717) is 25.1 Å². The molecule has 22 heavy (non-hydrogen) atoms. The van der Waals surface area contributed by atoms with E-state index in [0.717, 1.165) is 11.3 Å². The van der Waals surface area contributed by atoms with Gasteiger partial charge in [0.2, 0.25) is 0 Å². The zero-order chi connectivity index (χ0) is 16.4. The van der Waals surface area contributed by atoms with E-state index >= 15 is 0 Å². The molecule has 1 atom stereocenters. The molecule has 0 aliphatic heterocycles. The van der Waals surface area contributed by atoms with Crippen LogP contribution in [0.3, 0.4) is 0 Å². The summed E-state index contributed by atoms with van der Waals surface area (Å²) in [4.78, 5) is 24.1. The Morgan fingerprint density at radius 2 is 1.68 bits per heavy atom. The summed E-state index contributed by atoms with van der Waals surface area (Å²) < 4.78 is 13.4. The van der Waals surface area contributed by atoms with Gasteiger partial charge in [0, 0.05) is 13.1 Å². The summed E-state index contributed by atoms with van der Waals surface area (Å²) >= 11 is 0. The summed E-state index contributed by atoms with van der Waals surface area (Å²) in [5.74, 6) is -0.456. The third-order valence-electron chi connectivity index (χ3n) is 3.17. The van der Waals surface area contributed by atoms with Crippen molar-refractivity contribution in [3.63, 3.8) is 0 Å². The number of benzene rings is 1. The SMILES string of the molecule is CCCNC(=O)C[NH+](C)CC(=O)NCCc1ccccc1F. The quantitative estimate of drug-likeness (QED) is 0.577. The van der Waals surface area contributed by atoms with E-state index in [1.165, 1.54) is 6.07 Å². The first-order valence-electron chi connectivity index (χ1n) is 7.61. The fourth-order valence-electron chi connectivity index (χ4n) is 2.04. The number of likely N-dealkylation sites (N-methyl/N-ethyl adjacent to an activating group) is 1. The molecule has 122 valence electrons. The van der Waals surface area contributed by atoms with Crippen LogP contribution < -0.4 is 15.5 Å². The highest BCUT2D eigenvalue weighted by Crippen LogP contribution is 2.05. The fourth-order valence-corrected chi connectivity index (χ4v) is 2.04. The molecule has 1 unspecified atom stereocenters. The first-order valence-corrected chi connectivity index (χ1v) is 7.61. The number of carbonyl (C=O) groups excluding carboxylic acids is 2. The van der Waals surface area contributed by atoms with E-state index in [4.69, 9.17) is 0 Å². The van der Waals surface area contributed by atoms with Crippen LogP contribution in [0.2, 0.25) is 0 Å². The number of halogens is 1. The largest absolute Gasteiger partial charge is 0.351 e. The second-order valence-electron chi connectivity index (χ2n) is 5.35. The van der Waals surface area contributed by atoms with Crippen molar-refractivity contribution in [3.8, 4) is 0 Å². The highest BCUT2D eigenvalue weighted by atomic mass is 19.1. The molecule has 6 heteroatoms. The lowest BCUT2D eigenvalue weighted by Gasteiger charge is -2.13. The van der Waals surface area contributed by atoms with E-state index in [1.54, 1.807) is 25.2 Å². The Morgan fingerprint density at radius 3 is 2.27 bits per heavy atom. The van der Waals surface area contributed by atoms with Crippen LogP contribution in [-0.2, 0) is 16.0 Å². The third kappa shape index (κ3) is 7.17. The second kappa shape index (κ2) is 9.89. The molecule has 0 aromatic heterocycles. The standard InChI is InChI=1S/C16H24FN3O2/c1-3-9-18-15(21)11-20(2)12-16(22)19-10-8-13-6-4-5-7-14(13)17/h4-7H,3,8-12H2,1-2H3,(H,18,21)(H,19,22)/p+1. The summed E-state index contributed by atoms with van der Waals surface area (Å²) in [6.07, 6.45) is 1.34. The van der Waals surface area contributed by atoms with Gasteiger partial charge in [0.15, 0.2) is 13.1 Å². The van der Waals surface area contributed by atoms with Crippen LogP contribution in [0.4, 0.5) is 4.39 Å². The van der Waals surface area contributed by atoms with E-state index in [1.807, 2.05) is 6.92 Å². The minimum Gasteiger partial charge on any atom is -0.351 e. The van der Waals surface area contributed by atoms with Gasteiger partial charge in [-0.1, -0.05) is 25.1 Å². The molecule has 0 aliphatic carbocycles. The van der Waals surface area contributed by atoms with Gasteiger partial charge in [0.25, 0.3) is 11.8 Å². The first-order chi connectivity index (χ1) is 10.5. The maximum absolute atomic E-state index is 13.4. The number of carbonyl (C=O) groups is 2. The molecule has 0 heterocycles. The molecule has 0 saturated heterocycles. The van der Waals surface area contributed by atoms with Gasteiger partial charge in [-0.15, -0.1) is 0 Å². The molecule has 1 aromatic carbocycles. The van der Waals surface area contributed by atoms with Crippen LogP contribution >= 0.6 is 0 Å². The van der Waals surface area contributed by atoms with Crippen molar-refractivity contribution in [2.75, 3.05) is 33.2 Å². The highest BCUT2D eigenvalue weighted by Gasteiger charge is 2.13. The lowest BCUT2D eigenvalue weighted by atomic mass is 10.1. The topological polar surface area (TPSA) is 62.6 Å². The normalized spacial score (nSPS) is 11.8. The van der Waals surface area contributed by atoms with Crippen molar-refractivity contribution >= 4 is 11.8 Å². The maximum atomic E-state index is 13.4. The molecule has 0 radical (unpaired) electrons. The fraction of sp³-hybridized carbons (Fsp3) is 0.500. The van der Waals surface area contributed by atoms with Gasteiger partial charge < -0.3 is 15.5 Å². The van der Waals surface area contributed by atoms with Gasteiger partial charge in [-0.2, -0.15) is 0 Å². The van der Waals surface area contributed by atoms with Gasteiger partial charge in [-0.05, 0) is 24.5 Å². The van der Waals surface area contributed by atoms with Gasteiger partial charge >= 0.3 is 0 Å². The summed E-state index contributed by atoms with van der Waals surface area (Å²) in [5, 5.41) is 5.52. The highest BCUT2D eigenvalue weighted by molar-refractivity contribution is 5.78. The molecular weight excluding hydrogens is 285 g/mol. The van der Waals surface area contributed by atoms with Crippen LogP contribution in [0.1, 0.15) is 18.9 Å². The number of hydrogen-bond acceptors (Lipinski definition) is 2. The van der Waals surface area contributed by atoms with E-state index in [9.17, 15) is 14.0 Å². The molecule has 0 aliphatic rings. The van der Waals surface area contributed by atoms with Crippen LogP contribution in [0.5, 0.6) is 0 Å². The second-order valence-corrected chi connectivity index (χ2v) is 5.35. The Labute approximate surface area is 130 Å². The number of hydrogen-bond donors (Lipinski definition) is 3. The number of amides is 2. The number of quaternary nitrogens is 1. The van der Waals surface area contributed by atoms with Crippen molar-refractivity contribution in [2.45, 2.75) is 19.8 Å². The van der Waals surface area contributed by atoms with Gasteiger partial charge in [-0.25, -0.2) is 4.39 Å². The van der Waals surface area contributed by atoms with Crippen molar-refractivity contribution < 1.29 is 18.9 Å². The lowest BCUT2D eigenvalue weighted by Crippen LogP contribution is -3.11. The minimum absolute atomic E-state index is 0.0569. The molecule has 3 N–H and O–H groups in total. The molecule has 2 amide bonds. The first kappa shape index (κ1) is 18.1. The third-order valence-corrected chi connectivity index (χ3v) is 3.17. The summed E-state index contributed by atoms with van der Waals surface area (Å²) in [6, 6.07) is 6.52. The molecule has 0 bridgehead atoms. The Morgan fingerprint density at radius 1 is 1.09 bits per heavy atom. The van der Waals surface area contributed by atoms with Crippen molar-refractivity contribution in [1.29, 1.82) is 0 Å². The molecule has 0 spiro atoms. The zero-order valence-corrected chi connectivity index (χ0v) is 13.2. The monoisotopic (exact) mass is 310 g/mol. The van der Waals surface area contributed by atoms with Crippen LogP contribution in [0, 0.1) is 5.82 Å². The van der Waals surface area contributed by atoms with E-state index in [2.05, 4.69) is 10.6 Å². The number of rotatable bonds is 9. The molecule has 1 rings (SSSR count). The predicted molar refractivity (Wildman–Crippen MR) is 83.0 cm³/mol. The van der Waals surface area contributed by atoms with Gasteiger partial charge in [0.1, 0.15) is 5.82 Å². The van der Waals surface area contributed by atoms with Crippen molar-refractivity contribution in [2.24, 2.45) is 0 Å². The summed E-state index contributed by atoms with van der Waals surface area (Å²) in [5.41, 5.74) is 0.586. The Hall–Kier alpha value is -1.95. The molecular formula is C16H25FN3O2+. The average Bonchev–Trinajstić information content (AvgIpc) is 2.47. The Kier molecular flexibility index (Phi) is 8.14. The van der Waals surface area contributed by atoms with Crippen molar-refractivity contribution in [3.05, 3.63) is 35.6 Å². The van der Waals surface area contributed by atoms with Crippen LogP contribution in [-0.4, -0.2) is 45.0 Å². The Balaban J connectivity index is 2.23. The molecule has 0 fully saturated rings. The predicted octanol–water partition coefficient (Wildman–Crippen LogP) is -0.475. The minimum atomic E-state index is -0.257. The van der Waals surface area contributed by atoms with Gasteiger partial charge in [0.05, 0.1) is 7.05 Å². The Bertz CT molecular complexity index is 494. The smallest absolute Gasteiger partial charge is 0.275 e. The molecule has 1 aromatic rings. The number of nitrogens with one attached hydrogen (secondary N) is 3. The van der Waals surface area contributed by atoms with E-state index in [-0.39, 0.29) is 30.7 Å². The van der Waals surface area contributed by atoms with Crippen LogP contribution in [0.25, 0.3) is 0 Å². The summed E-state index contributed by atoms with van der Waals surface area (Å²) in [7, 11) is 1.79. The van der Waals surface area contributed by atoms with Crippen molar-refractivity contribution in [1.82, 2.24) is 10.6 Å². The van der Waals surface area contributed by atoms with Gasteiger partial charge in [-0.3, -0.25) is 9.59 Å². The molecule has 5 nitrogen and oxygen atoms in total. The average molecular weight is 310 g/mol.